The Morgan fingerprint density at radius 3 is 2.85 bits per heavy atom. The van der Waals surface area contributed by atoms with Crippen molar-refractivity contribution in [3.63, 3.8) is 0 Å². The van der Waals surface area contributed by atoms with Crippen LogP contribution in [0.4, 0.5) is 10.1 Å². The Hall–Kier alpha value is -0.350. The summed E-state index contributed by atoms with van der Waals surface area (Å²) in [5.41, 5.74) is 0.468. The average molecular weight is 309 g/mol. The van der Waals surface area contributed by atoms with E-state index in [1.807, 2.05) is 0 Å². The third-order valence-electron chi connectivity index (χ3n) is 1.40. The molecule has 1 N–H and O–H groups in total. The van der Waals surface area contributed by atoms with Crippen LogP contribution in [0.3, 0.4) is 0 Å². The zero-order valence-electron chi connectivity index (χ0n) is 6.78. The predicted octanol–water partition coefficient (Wildman–Crippen LogP) is 3.91. The molecule has 0 aliphatic heterocycles. The quantitative estimate of drug-likeness (QED) is 0.893. The fourth-order valence-electron chi connectivity index (χ4n) is 0.824. The van der Waals surface area contributed by atoms with E-state index in [9.17, 15) is 4.39 Å². The largest absolute Gasteiger partial charge is 0.378 e. The van der Waals surface area contributed by atoms with Gasteiger partial charge in [0.15, 0.2) is 0 Å². The van der Waals surface area contributed by atoms with Crippen LogP contribution in [0.15, 0.2) is 33.7 Å². The minimum Gasteiger partial charge on any atom is -0.378 e. The molecule has 0 aromatic heterocycles. The van der Waals surface area contributed by atoms with Crippen molar-refractivity contribution in [1.82, 2.24) is 0 Å². The summed E-state index contributed by atoms with van der Waals surface area (Å²) in [6, 6.07) is 4.75. The molecule has 1 rings (SSSR count). The summed E-state index contributed by atoms with van der Waals surface area (Å²) in [5, 5.41) is 2.90. The number of hydrogen-bond acceptors (Lipinski definition) is 1. The van der Waals surface area contributed by atoms with Crippen molar-refractivity contribution in [2.75, 3.05) is 11.9 Å². The van der Waals surface area contributed by atoms with Gasteiger partial charge >= 0.3 is 0 Å². The minimum atomic E-state index is -0.267. The Bertz CT molecular complexity index is 325. The summed E-state index contributed by atoms with van der Waals surface area (Å²) >= 11 is 6.45. The number of hydrogen-bond donors (Lipinski definition) is 1. The molecule has 0 spiro atoms. The molecule has 0 atom stereocenters. The molecule has 0 aliphatic carbocycles. The highest BCUT2D eigenvalue weighted by Gasteiger charge is 2.01. The second-order valence-corrected chi connectivity index (χ2v) is 4.53. The van der Waals surface area contributed by atoms with Crippen molar-refractivity contribution in [3.8, 4) is 0 Å². The molecule has 0 saturated carbocycles. The van der Waals surface area contributed by atoms with Crippen LogP contribution in [0, 0.1) is 5.82 Å². The Morgan fingerprint density at radius 1 is 1.54 bits per heavy atom. The van der Waals surface area contributed by atoms with Gasteiger partial charge in [0, 0.05) is 15.5 Å². The average Bonchev–Trinajstić information content (AvgIpc) is 2.06. The van der Waals surface area contributed by atoms with Gasteiger partial charge in [-0.15, -0.1) is 0 Å². The number of anilines is 1. The van der Waals surface area contributed by atoms with Gasteiger partial charge in [-0.1, -0.05) is 38.4 Å². The van der Waals surface area contributed by atoms with Crippen molar-refractivity contribution < 1.29 is 4.39 Å². The lowest BCUT2D eigenvalue weighted by atomic mass is 10.3. The van der Waals surface area contributed by atoms with Gasteiger partial charge in [0.25, 0.3) is 0 Å². The van der Waals surface area contributed by atoms with Gasteiger partial charge in [-0.3, -0.25) is 0 Å². The topological polar surface area (TPSA) is 12.0 Å². The minimum absolute atomic E-state index is 0.267. The van der Waals surface area contributed by atoms with Gasteiger partial charge in [-0.25, -0.2) is 4.39 Å². The van der Waals surface area contributed by atoms with Crippen LogP contribution in [0.5, 0.6) is 0 Å². The Kier molecular flexibility index (Phi) is 3.93. The van der Waals surface area contributed by atoms with Gasteiger partial charge < -0.3 is 5.32 Å². The third kappa shape index (κ3) is 3.48. The summed E-state index contributed by atoms with van der Waals surface area (Å²) in [4.78, 5) is 0. The molecule has 1 aromatic carbocycles. The van der Waals surface area contributed by atoms with Gasteiger partial charge in [-0.2, -0.15) is 0 Å². The van der Waals surface area contributed by atoms with E-state index >= 15 is 0 Å². The first-order valence-electron chi connectivity index (χ1n) is 3.62. The van der Waals surface area contributed by atoms with E-state index in [0.29, 0.717) is 12.2 Å². The van der Waals surface area contributed by atoms with Crippen molar-refractivity contribution >= 4 is 37.5 Å². The van der Waals surface area contributed by atoms with Gasteiger partial charge in [0.05, 0.1) is 5.69 Å². The molecule has 4 heteroatoms. The summed E-state index contributed by atoms with van der Waals surface area (Å²) in [7, 11) is 0. The van der Waals surface area contributed by atoms with Crippen LogP contribution in [0.1, 0.15) is 0 Å². The van der Waals surface area contributed by atoms with Crippen LogP contribution in [-0.2, 0) is 0 Å². The van der Waals surface area contributed by atoms with Crippen molar-refractivity contribution in [2.24, 2.45) is 0 Å². The maximum atomic E-state index is 13.1. The molecule has 0 amide bonds. The normalized spacial score (nSPS) is 9.77. The van der Waals surface area contributed by atoms with E-state index in [4.69, 9.17) is 0 Å². The number of nitrogens with one attached hydrogen (secondary N) is 1. The first kappa shape index (κ1) is 10.7. The molecule has 0 unspecified atom stereocenters. The standard InChI is InChI=1S/C9H8Br2FN/c1-6(10)5-13-9-4-7(11)2-3-8(9)12/h2-4,13H,1,5H2. The van der Waals surface area contributed by atoms with Gasteiger partial charge in [0.1, 0.15) is 5.82 Å². The molecule has 0 bridgehead atoms. The van der Waals surface area contributed by atoms with Crippen LogP contribution < -0.4 is 5.32 Å². The van der Waals surface area contributed by atoms with Crippen molar-refractivity contribution in [3.05, 3.63) is 39.6 Å². The molecule has 0 radical (unpaired) electrons. The third-order valence-corrected chi connectivity index (χ3v) is 2.17. The molecular formula is C9H8Br2FN. The van der Waals surface area contributed by atoms with Crippen LogP contribution in [0.2, 0.25) is 0 Å². The van der Waals surface area contributed by atoms with E-state index in [1.165, 1.54) is 6.07 Å². The van der Waals surface area contributed by atoms with Gasteiger partial charge in [0.2, 0.25) is 0 Å². The highest BCUT2D eigenvalue weighted by molar-refractivity contribution is 9.11. The second-order valence-electron chi connectivity index (χ2n) is 2.49. The lowest BCUT2D eigenvalue weighted by molar-refractivity contribution is 0.630. The smallest absolute Gasteiger partial charge is 0.146 e. The summed E-state index contributed by atoms with van der Waals surface area (Å²) < 4.78 is 14.7. The first-order valence-corrected chi connectivity index (χ1v) is 5.20. The monoisotopic (exact) mass is 307 g/mol. The van der Waals surface area contributed by atoms with Crippen LogP contribution in [-0.4, -0.2) is 6.54 Å². The van der Waals surface area contributed by atoms with E-state index in [-0.39, 0.29) is 5.82 Å². The Balaban J connectivity index is 2.75. The molecule has 0 aliphatic rings. The summed E-state index contributed by atoms with van der Waals surface area (Å²) in [6.45, 7) is 4.15. The Morgan fingerprint density at radius 2 is 2.23 bits per heavy atom. The van der Waals surface area contributed by atoms with E-state index in [0.717, 1.165) is 8.96 Å². The number of halogens is 3. The fourth-order valence-corrected chi connectivity index (χ4v) is 1.33. The molecule has 1 nitrogen and oxygen atoms in total. The molecule has 0 saturated heterocycles. The van der Waals surface area contributed by atoms with E-state index in [2.05, 4.69) is 43.8 Å². The van der Waals surface area contributed by atoms with Crippen molar-refractivity contribution in [2.45, 2.75) is 0 Å². The molecule has 1 aromatic rings. The van der Waals surface area contributed by atoms with Gasteiger partial charge in [-0.05, 0) is 18.2 Å². The molecule has 0 fully saturated rings. The fraction of sp³-hybridized carbons (Fsp3) is 0.111. The zero-order valence-corrected chi connectivity index (χ0v) is 9.95. The lowest BCUT2D eigenvalue weighted by Gasteiger charge is -2.06. The van der Waals surface area contributed by atoms with Crippen LogP contribution >= 0.6 is 31.9 Å². The molecular weight excluding hydrogens is 301 g/mol. The lowest BCUT2D eigenvalue weighted by Crippen LogP contribution is -2.02. The number of rotatable bonds is 3. The summed E-state index contributed by atoms with van der Waals surface area (Å²) in [6.07, 6.45) is 0. The second kappa shape index (κ2) is 4.77. The predicted molar refractivity (Wildman–Crippen MR) is 60.7 cm³/mol. The first-order chi connectivity index (χ1) is 6.09. The van der Waals surface area contributed by atoms with E-state index < -0.39 is 0 Å². The maximum Gasteiger partial charge on any atom is 0.146 e. The number of benzene rings is 1. The SMILES string of the molecule is C=C(Br)CNc1cc(Br)ccc1F. The van der Waals surface area contributed by atoms with Crippen LogP contribution in [0.25, 0.3) is 0 Å². The molecule has 13 heavy (non-hydrogen) atoms. The highest BCUT2D eigenvalue weighted by Crippen LogP contribution is 2.20. The Labute approximate surface area is 93.3 Å². The highest BCUT2D eigenvalue weighted by atomic mass is 79.9. The zero-order chi connectivity index (χ0) is 9.84. The summed E-state index contributed by atoms with van der Waals surface area (Å²) in [5.74, 6) is -0.267. The van der Waals surface area contributed by atoms with E-state index in [1.54, 1.807) is 12.1 Å². The van der Waals surface area contributed by atoms with Crippen molar-refractivity contribution in [1.29, 1.82) is 0 Å². The maximum absolute atomic E-state index is 13.1. The molecule has 70 valence electrons. The molecule has 0 heterocycles.